The molecule has 1 heterocycles. The molecule has 1 aliphatic carbocycles. The molecular formula is C28H36FNO4S. The van der Waals surface area contributed by atoms with Crippen molar-refractivity contribution in [2.75, 3.05) is 33.2 Å². The summed E-state index contributed by atoms with van der Waals surface area (Å²) >= 11 is 1.62. The SMILES string of the molecule is CS[C@@](CCN(C)CCc1ccc2c(c1)OCO2)(C(=O)OC(C)C)C1CCc2cc(F)ccc2C1. The average molecular weight is 502 g/mol. The molecule has 1 aliphatic heterocycles. The summed E-state index contributed by atoms with van der Waals surface area (Å²) in [6.45, 7) is 5.74. The minimum atomic E-state index is -0.636. The summed E-state index contributed by atoms with van der Waals surface area (Å²) in [5.74, 6) is 1.43. The number of likely N-dealkylation sites (N-methyl/N-ethyl adjacent to an activating group) is 1. The first-order chi connectivity index (χ1) is 16.8. The van der Waals surface area contributed by atoms with E-state index in [4.69, 9.17) is 14.2 Å². The predicted octanol–water partition coefficient (Wildman–Crippen LogP) is 5.28. The van der Waals surface area contributed by atoms with Gasteiger partial charge in [-0.3, -0.25) is 4.79 Å². The maximum atomic E-state index is 13.7. The van der Waals surface area contributed by atoms with Crippen LogP contribution in [0.15, 0.2) is 36.4 Å². The lowest BCUT2D eigenvalue weighted by Crippen LogP contribution is -2.48. The molecule has 5 nitrogen and oxygen atoms in total. The zero-order valence-corrected chi connectivity index (χ0v) is 22.0. The van der Waals surface area contributed by atoms with E-state index in [1.807, 2.05) is 38.3 Å². The van der Waals surface area contributed by atoms with Crippen molar-refractivity contribution in [2.24, 2.45) is 5.92 Å². The molecule has 2 atom stereocenters. The second-order valence-corrected chi connectivity index (χ2v) is 11.0. The van der Waals surface area contributed by atoms with Crippen LogP contribution in [0, 0.1) is 11.7 Å². The molecule has 0 amide bonds. The number of hydrogen-bond acceptors (Lipinski definition) is 6. The Kier molecular flexibility index (Phi) is 8.27. The van der Waals surface area contributed by atoms with E-state index in [0.717, 1.165) is 61.4 Å². The maximum Gasteiger partial charge on any atom is 0.322 e. The summed E-state index contributed by atoms with van der Waals surface area (Å²) in [4.78, 5) is 15.8. The van der Waals surface area contributed by atoms with Crippen LogP contribution in [0.25, 0.3) is 0 Å². The monoisotopic (exact) mass is 501 g/mol. The van der Waals surface area contributed by atoms with Crippen molar-refractivity contribution in [3.05, 3.63) is 58.9 Å². The van der Waals surface area contributed by atoms with Crippen molar-refractivity contribution in [1.82, 2.24) is 4.90 Å². The lowest BCUT2D eigenvalue weighted by Gasteiger charge is -2.41. The molecule has 0 N–H and O–H groups in total. The van der Waals surface area contributed by atoms with Crippen LogP contribution in [0.4, 0.5) is 4.39 Å². The minimum Gasteiger partial charge on any atom is -0.462 e. The largest absolute Gasteiger partial charge is 0.462 e. The van der Waals surface area contributed by atoms with Crippen LogP contribution in [0.5, 0.6) is 11.5 Å². The first kappa shape index (κ1) is 25.8. The summed E-state index contributed by atoms with van der Waals surface area (Å²) in [6, 6.07) is 11.1. The highest BCUT2D eigenvalue weighted by Crippen LogP contribution is 2.44. The molecule has 2 aromatic carbocycles. The van der Waals surface area contributed by atoms with E-state index in [1.54, 1.807) is 17.8 Å². The molecule has 0 bridgehead atoms. The van der Waals surface area contributed by atoms with Crippen LogP contribution in [-0.4, -0.2) is 54.9 Å². The van der Waals surface area contributed by atoms with Gasteiger partial charge in [0.25, 0.3) is 0 Å². The van der Waals surface area contributed by atoms with Gasteiger partial charge in [-0.15, -0.1) is 11.8 Å². The number of aryl methyl sites for hydroxylation is 1. The van der Waals surface area contributed by atoms with E-state index in [2.05, 4.69) is 18.0 Å². The summed E-state index contributed by atoms with van der Waals surface area (Å²) in [5, 5.41) is 0. The van der Waals surface area contributed by atoms with Crippen molar-refractivity contribution in [1.29, 1.82) is 0 Å². The lowest BCUT2D eigenvalue weighted by molar-refractivity contribution is -0.152. The number of rotatable bonds is 10. The van der Waals surface area contributed by atoms with Gasteiger partial charge in [-0.1, -0.05) is 12.1 Å². The van der Waals surface area contributed by atoms with Gasteiger partial charge in [0.1, 0.15) is 10.6 Å². The fraction of sp³-hybridized carbons (Fsp3) is 0.536. The molecule has 0 saturated heterocycles. The summed E-state index contributed by atoms with van der Waals surface area (Å²) in [6.07, 6.45) is 5.86. The standard InChI is InChI=1S/C28H36FNO4S/c1-19(2)34-27(31)28(35-4,23-8-6-22-17-24(29)9-7-21(22)16-23)12-14-30(3)13-11-20-5-10-25-26(15-20)33-18-32-25/h5,7,9-10,15,17,19,23H,6,8,11-14,16,18H2,1-4H3/t23?,28-/m1/s1. The van der Waals surface area contributed by atoms with Crippen LogP contribution < -0.4 is 9.47 Å². The van der Waals surface area contributed by atoms with Gasteiger partial charge < -0.3 is 19.1 Å². The van der Waals surface area contributed by atoms with Crippen LogP contribution >= 0.6 is 11.8 Å². The maximum absolute atomic E-state index is 13.7. The second-order valence-electron chi connectivity index (χ2n) is 9.89. The smallest absolute Gasteiger partial charge is 0.322 e. The van der Waals surface area contributed by atoms with E-state index in [1.165, 1.54) is 11.6 Å². The van der Waals surface area contributed by atoms with Crippen LogP contribution in [0.3, 0.4) is 0 Å². The van der Waals surface area contributed by atoms with Gasteiger partial charge >= 0.3 is 5.97 Å². The minimum absolute atomic E-state index is 0.125. The molecule has 0 fully saturated rings. The number of hydrogen-bond donors (Lipinski definition) is 0. The molecular weight excluding hydrogens is 465 g/mol. The first-order valence-corrected chi connectivity index (χ1v) is 13.6. The number of carbonyl (C=O) groups is 1. The molecule has 0 radical (unpaired) electrons. The summed E-state index contributed by atoms with van der Waals surface area (Å²) in [7, 11) is 2.10. The van der Waals surface area contributed by atoms with Crippen molar-refractivity contribution < 1.29 is 23.4 Å². The normalized spacial score (nSPS) is 18.4. The van der Waals surface area contributed by atoms with E-state index in [9.17, 15) is 9.18 Å². The van der Waals surface area contributed by atoms with Gasteiger partial charge in [0.05, 0.1) is 6.10 Å². The van der Waals surface area contributed by atoms with Gasteiger partial charge in [-0.2, -0.15) is 0 Å². The summed E-state index contributed by atoms with van der Waals surface area (Å²) in [5.41, 5.74) is 3.41. The van der Waals surface area contributed by atoms with Gasteiger partial charge in [-0.25, -0.2) is 4.39 Å². The Bertz CT molecular complexity index is 1050. The Morgan fingerprint density at radius 1 is 1.17 bits per heavy atom. The molecule has 2 aliphatic rings. The highest BCUT2D eigenvalue weighted by Gasteiger charge is 2.47. The van der Waals surface area contributed by atoms with E-state index in [-0.39, 0.29) is 30.6 Å². The fourth-order valence-corrected chi connectivity index (χ4v) is 6.19. The molecule has 35 heavy (non-hydrogen) atoms. The Hall–Kier alpha value is -2.25. The van der Waals surface area contributed by atoms with Crippen LogP contribution in [-0.2, 0) is 28.8 Å². The number of fused-ring (bicyclic) bond motifs is 2. The lowest BCUT2D eigenvalue weighted by atomic mass is 9.75. The molecule has 0 spiro atoms. The molecule has 190 valence electrons. The zero-order chi connectivity index (χ0) is 25.0. The zero-order valence-electron chi connectivity index (χ0n) is 21.1. The second kappa shape index (κ2) is 11.2. The van der Waals surface area contributed by atoms with Crippen molar-refractivity contribution in [3.8, 4) is 11.5 Å². The van der Waals surface area contributed by atoms with Gasteiger partial charge in [0, 0.05) is 6.54 Å². The number of halogens is 1. The van der Waals surface area contributed by atoms with E-state index >= 15 is 0 Å². The number of ether oxygens (including phenoxy) is 3. The third-order valence-electron chi connectivity index (χ3n) is 7.19. The molecule has 1 unspecified atom stereocenters. The number of nitrogens with zero attached hydrogens (tertiary/aromatic N) is 1. The highest BCUT2D eigenvalue weighted by atomic mass is 32.2. The van der Waals surface area contributed by atoms with Gasteiger partial charge in [0.15, 0.2) is 11.5 Å². The number of esters is 1. The number of carbonyl (C=O) groups excluding carboxylic acids is 1. The van der Waals surface area contributed by atoms with E-state index in [0.29, 0.717) is 6.42 Å². The van der Waals surface area contributed by atoms with Crippen molar-refractivity contribution in [3.63, 3.8) is 0 Å². The Morgan fingerprint density at radius 3 is 2.74 bits per heavy atom. The Labute approximate surface area is 212 Å². The quantitative estimate of drug-likeness (QED) is 0.413. The average Bonchev–Trinajstić information content (AvgIpc) is 3.31. The molecule has 0 saturated carbocycles. The third-order valence-corrected chi connectivity index (χ3v) is 8.63. The third kappa shape index (κ3) is 5.95. The predicted molar refractivity (Wildman–Crippen MR) is 138 cm³/mol. The molecule has 0 aromatic heterocycles. The Balaban J connectivity index is 1.44. The molecule has 7 heteroatoms. The molecule has 2 aromatic rings. The van der Waals surface area contributed by atoms with Crippen LogP contribution in [0.2, 0.25) is 0 Å². The van der Waals surface area contributed by atoms with Crippen molar-refractivity contribution >= 4 is 17.7 Å². The Morgan fingerprint density at radius 2 is 1.97 bits per heavy atom. The van der Waals surface area contributed by atoms with Gasteiger partial charge in [0.2, 0.25) is 6.79 Å². The summed E-state index contributed by atoms with van der Waals surface area (Å²) < 4.78 is 29.8. The van der Waals surface area contributed by atoms with E-state index < -0.39 is 4.75 Å². The molecule has 4 rings (SSSR count). The number of thioether (sulfide) groups is 1. The van der Waals surface area contributed by atoms with Crippen molar-refractivity contribution in [2.45, 2.75) is 56.8 Å². The first-order valence-electron chi connectivity index (χ1n) is 12.4. The van der Waals surface area contributed by atoms with Crippen LogP contribution in [0.1, 0.15) is 43.4 Å². The van der Waals surface area contributed by atoms with Gasteiger partial charge in [-0.05, 0) is 113 Å². The topological polar surface area (TPSA) is 48.0 Å². The fourth-order valence-electron chi connectivity index (χ4n) is 5.15. The highest BCUT2D eigenvalue weighted by molar-refractivity contribution is 8.00. The number of benzene rings is 2.